The second-order valence-corrected chi connectivity index (χ2v) is 7.15. The van der Waals surface area contributed by atoms with Gasteiger partial charge in [-0.05, 0) is 33.6 Å². The topological polar surface area (TPSA) is 114 Å². The minimum atomic E-state index is -2.02. The molecule has 0 aromatic heterocycles. The van der Waals surface area contributed by atoms with Crippen LogP contribution in [0, 0.1) is 62.0 Å². The van der Waals surface area contributed by atoms with Crippen LogP contribution in [0.5, 0.6) is 0 Å². The molecule has 25 heavy (non-hydrogen) atoms. The molecule has 4 unspecified atom stereocenters. The maximum atomic E-state index is 13.6. The average Bonchev–Trinajstić information content (AvgIpc) is 2.73. The van der Waals surface area contributed by atoms with Crippen molar-refractivity contribution in [2.75, 3.05) is 0 Å². The third-order valence-electron chi connectivity index (χ3n) is 5.24. The zero-order valence-electron chi connectivity index (χ0n) is 13.3. The molecule has 8 heteroatoms. The number of rotatable bonds is 1. The Morgan fingerprint density at radius 3 is 2.40 bits per heavy atom. The lowest BCUT2D eigenvalue weighted by molar-refractivity contribution is -0.268. The Morgan fingerprint density at radius 2 is 1.88 bits per heavy atom. The van der Waals surface area contributed by atoms with Gasteiger partial charge in [-0.1, -0.05) is 13.0 Å². The van der Waals surface area contributed by atoms with Gasteiger partial charge >= 0.3 is 0 Å². The fourth-order valence-corrected chi connectivity index (χ4v) is 4.08. The second kappa shape index (κ2) is 5.26. The van der Waals surface area contributed by atoms with Crippen molar-refractivity contribution in [3.05, 3.63) is 34.1 Å². The predicted molar refractivity (Wildman–Crippen MR) is 86.0 cm³/mol. The van der Waals surface area contributed by atoms with Crippen molar-refractivity contribution in [2.45, 2.75) is 25.7 Å². The summed E-state index contributed by atoms with van der Waals surface area (Å²) in [7, 11) is 0. The Bertz CT molecular complexity index is 901. The van der Waals surface area contributed by atoms with E-state index >= 15 is 0 Å². The molecule has 1 N–H and O–H groups in total. The van der Waals surface area contributed by atoms with E-state index in [9.17, 15) is 20.2 Å². The SMILES string of the molecule is CC1C2(C)OC(=N)C1(C#N)C(C#N)(C#N)C(c1ccc(F)c(Br)c1)O2. The van der Waals surface area contributed by atoms with Crippen molar-refractivity contribution in [2.24, 2.45) is 16.7 Å². The Labute approximate surface area is 152 Å². The number of nitrogens with one attached hydrogen (secondary N) is 1. The minimum Gasteiger partial charge on any atom is -0.448 e. The van der Waals surface area contributed by atoms with Gasteiger partial charge < -0.3 is 9.47 Å². The predicted octanol–water partition coefficient (Wildman–Crippen LogP) is 3.56. The molecule has 2 fully saturated rings. The molecule has 0 radical (unpaired) electrons. The summed E-state index contributed by atoms with van der Waals surface area (Å²) >= 11 is 3.07. The van der Waals surface area contributed by atoms with Crippen molar-refractivity contribution in [3.8, 4) is 18.2 Å². The summed E-state index contributed by atoms with van der Waals surface area (Å²) in [6, 6.07) is 9.78. The van der Waals surface area contributed by atoms with Gasteiger partial charge in [-0.15, -0.1) is 0 Å². The molecule has 2 saturated heterocycles. The number of ether oxygens (including phenoxy) is 2. The quantitative estimate of drug-likeness (QED) is 0.770. The molecule has 6 nitrogen and oxygen atoms in total. The Hall–Kier alpha value is -2.47. The smallest absolute Gasteiger partial charge is 0.214 e. The highest BCUT2D eigenvalue weighted by Gasteiger charge is 2.78. The summed E-state index contributed by atoms with van der Waals surface area (Å²) in [5, 5.41) is 37.8. The molecular formula is C17H12BrFN4O2. The first-order chi connectivity index (χ1) is 11.7. The highest BCUT2D eigenvalue weighted by atomic mass is 79.9. The van der Waals surface area contributed by atoms with E-state index in [2.05, 4.69) is 15.9 Å². The Balaban J connectivity index is 2.33. The van der Waals surface area contributed by atoms with E-state index in [1.165, 1.54) is 18.2 Å². The van der Waals surface area contributed by atoms with E-state index in [1.54, 1.807) is 13.8 Å². The average molecular weight is 403 g/mol. The fourth-order valence-electron chi connectivity index (χ4n) is 3.69. The molecule has 3 rings (SSSR count). The third kappa shape index (κ3) is 1.86. The largest absolute Gasteiger partial charge is 0.448 e. The van der Waals surface area contributed by atoms with Gasteiger partial charge in [-0.3, -0.25) is 5.41 Å². The van der Waals surface area contributed by atoms with Gasteiger partial charge in [0, 0.05) is 6.92 Å². The molecule has 0 aliphatic carbocycles. The molecular weight excluding hydrogens is 391 g/mol. The first-order valence-electron chi connectivity index (χ1n) is 7.37. The van der Waals surface area contributed by atoms with E-state index in [1.807, 2.05) is 18.2 Å². The molecule has 4 atom stereocenters. The Morgan fingerprint density at radius 1 is 1.24 bits per heavy atom. The molecule has 1 aromatic carbocycles. The summed E-state index contributed by atoms with van der Waals surface area (Å²) in [6.07, 6.45) is -1.19. The van der Waals surface area contributed by atoms with E-state index in [0.717, 1.165) is 0 Å². The van der Waals surface area contributed by atoms with Crippen LogP contribution in [0.15, 0.2) is 22.7 Å². The lowest BCUT2D eigenvalue weighted by Crippen LogP contribution is -2.57. The molecule has 2 aliphatic heterocycles. The van der Waals surface area contributed by atoms with Gasteiger partial charge in [-0.25, -0.2) is 4.39 Å². The van der Waals surface area contributed by atoms with E-state index in [-0.39, 0.29) is 4.47 Å². The van der Waals surface area contributed by atoms with Crippen LogP contribution >= 0.6 is 15.9 Å². The molecule has 2 bridgehead atoms. The summed E-state index contributed by atoms with van der Waals surface area (Å²) in [5.41, 5.74) is -3.48. The number of hydrogen-bond acceptors (Lipinski definition) is 6. The van der Waals surface area contributed by atoms with Crippen molar-refractivity contribution in [1.82, 2.24) is 0 Å². The van der Waals surface area contributed by atoms with Gasteiger partial charge in [-0.2, -0.15) is 15.8 Å². The number of nitriles is 3. The first-order valence-corrected chi connectivity index (χ1v) is 8.16. The van der Waals surface area contributed by atoms with Crippen molar-refractivity contribution in [3.63, 3.8) is 0 Å². The molecule has 0 spiro atoms. The maximum Gasteiger partial charge on any atom is 0.214 e. The zero-order chi connectivity index (χ0) is 18.6. The zero-order valence-corrected chi connectivity index (χ0v) is 14.9. The van der Waals surface area contributed by atoms with Crippen LogP contribution in [0.1, 0.15) is 25.5 Å². The van der Waals surface area contributed by atoms with E-state index in [4.69, 9.17) is 14.9 Å². The molecule has 126 valence electrons. The fraction of sp³-hybridized carbons (Fsp3) is 0.412. The Kier molecular flexibility index (Phi) is 3.65. The van der Waals surface area contributed by atoms with Crippen LogP contribution < -0.4 is 0 Å². The van der Waals surface area contributed by atoms with Crippen LogP contribution in [-0.2, 0) is 9.47 Å². The van der Waals surface area contributed by atoms with Gasteiger partial charge in [0.15, 0.2) is 5.41 Å². The summed E-state index contributed by atoms with van der Waals surface area (Å²) in [5.74, 6) is -3.05. The summed E-state index contributed by atoms with van der Waals surface area (Å²) in [6.45, 7) is 3.18. The minimum absolute atomic E-state index is 0.136. The molecule has 0 saturated carbocycles. The lowest BCUT2D eigenvalue weighted by atomic mass is 9.54. The normalized spacial score (nSPS) is 35.2. The number of benzene rings is 1. The molecule has 1 aromatic rings. The standard InChI is InChI=1S/C17H12BrFN4O2/c1-9-15(2)24-13(10-3-4-12(19)11(18)5-10)16(6-20,7-21)17(9,8-22)14(23)25-15/h3-5,9,13,23H,1-2H3. The first kappa shape index (κ1) is 17.4. The van der Waals surface area contributed by atoms with Gasteiger partial charge in [0.05, 0.1) is 28.6 Å². The number of halogens is 2. The second-order valence-electron chi connectivity index (χ2n) is 6.29. The lowest BCUT2D eigenvalue weighted by Gasteiger charge is -2.47. The molecule has 0 amide bonds. The molecule has 2 heterocycles. The van der Waals surface area contributed by atoms with Crippen LogP contribution in [-0.4, -0.2) is 11.7 Å². The van der Waals surface area contributed by atoms with Crippen LogP contribution in [0.3, 0.4) is 0 Å². The summed E-state index contributed by atoms with van der Waals surface area (Å²) < 4.78 is 25.2. The molecule has 2 aliphatic rings. The van der Waals surface area contributed by atoms with Gasteiger partial charge in [0.1, 0.15) is 11.9 Å². The maximum absolute atomic E-state index is 13.6. The van der Waals surface area contributed by atoms with Crippen LogP contribution in [0.2, 0.25) is 0 Å². The van der Waals surface area contributed by atoms with Crippen LogP contribution in [0.25, 0.3) is 0 Å². The van der Waals surface area contributed by atoms with Crippen molar-refractivity contribution < 1.29 is 13.9 Å². The highest BCUT2D eigenvalue weighted by molar-refractivity contribution is 9.10. The monoisotopic (exact) mass is 402 g/mol. The number of hydrogen-bond donors (Lipinski definition) is 1. The van der Waals surface area contributed by atoms with Crippen molar-refractivity contribution >= 4 is 21.8 Å². The number of nitrogens with zero attached hydrogens (tertiary/aromatic N) is 3. The van der Waals surface area contributed by atoms with E-state index < -0.39 is 40.4 Å². The van der Waals surface area contributed by atoms with Gasteiger partial charge in [0.2, 0.25) is 17.1 Å². The van der Waals surface area contributed by atoms with Crippen LogP contribution in [0.4, 0.5) is 4.39 Å². The third-order valence-corrected chi connectivity index (χ3v) is 5.85. The highest BCUT2D eigenvalue weighted by Crippen LogP contribution is 2.66. The summed E-state index contributed by atoms with van der Waals surface area (Å²) in [4.78, 5) is 0. The number of fused-ring (bicyclic) bond motifs is 2. The van der Waals surface area contributed by atoms with Gasteiger partial charge in [0.25, 0.3) is 0 Å². The van der Waals surface area contributed by atoms with Crippen molar-refractivity contribution in [1.29, 1.82) is 21.2 Å². The van der Waals surface area contributed by atoms with E-state index in [0.29, 0.717) is 5.56 Å².